The third-order valence-corrected chi connectivity index (χ3v) is 6.74. The lowest BCUT2D eigenvalue weighted by Gasteiger charge is -2.14. The number of aromatic nitrogens is 2. The maximum absolute atomic E-state index is 13.1. The van der Waals surface area contributed by atoms with Crippen LogP contribution in [0.1, 0.15) is 16.8 Å². The van der Waals surface area contributed by atoms with Crippen LogP contribution in [-0.2, 0) is 18.3 Å². The van der Waals surface area contributed by atoms with Gasteiger partial charge in [0.2, 0.25) is 0 Å². The second-order valence-corrected chi connectivity index (χ2v) is 8.64. The number of thioether (sulfide) groups is 2. The van der Waals surface area contributed by atoms with Gasteiger partial charge in [0.1, 0.15) is 5.75 Å². The Morgan fingerprint density at radius 1 is 1.20 bits per heavy atom. The van der Waals surface area contributed by atoms with E-state index in [0.29, 0.717) is 33.5 Å². The third-order valence-electron chi connectivity index (χ3n) is 4.62. The molecule has 0 unspecified atom stereocenters. The second-order valence-electron chi connectivity index (χ2n) is 6.59. The zero-order valence-electron chi connectivity index (χ0n) is 15.9. The van der Waals surface area contributed by atoms with Crippen molar-refractivity contribution in [1.29, 1.82) is 0 Å². The van der Waals surface area contributed by atoms with Crippen molar-refractivity contribution in [2.45, 2.75) is 28.4 Å². The highest BCUT2D eigenvalue weighted by Crippen LogP contribution is 2.33. The summed E-state index contributed by atoms with van der Waals surface area (Å²) in [5.74, 6) is 1.72. The van der Waals surface area contributed by atoms with Crippen molar-refractivity contribution in [2.75, 3.05) is 12.9 Å². The van der Waals surface area contributed by atoms with E-state index in [4.69, 9.17) is 4.74 Å². The molecule has 4 rings (SSSR count). The highest BCUT2D eigenvalue weighted by molar-refractivity contribution is 7.99. The molecule has 0 bridgehead atoms. The largest absolute Gasteiger partial charge is 0.497 e. The highest BCUT2D eigenvalue weighted by atomic mass is 32.2. The van der Waals surface area contributed by atoms with E-state index >= 15 is 0 Å². The van der Waals surface area contributed by atoms with Gasteiger partial charge in [-0.15, -0.1) is 11.8 Å². The second kappa shape index (κ2) is 8.39. The van der Waals surface area contributed by atoms with E-state index in [1.165, 1.54) is 34.2 Å². The van der Waals surface area contributed by atoms with Crippen molar-refractivity contribution >= 4 is 23.5 Å². The lowest BCUT2D eigenvalue weighted by atomic mass is 10.1. The van der Waals surface area contributed by atoms with Crippen molar-refractivity contribution in [2.24, 2.45) is 0 Å². The van der Waals surface area contributed by atoms with Gasteiger partial charge >= 0.3 is 6.18 Å². The quantitative estimate of drug-likeness (QED) is 0.395. The van der Waals surface area contributed by atoms with Crippen LogP contribution in [0.2, 0.25) is 0 Å². The van der Waals surface area contributed by atoms with Crippen LogP contribution >= 0.6 is 23.5 Å². The molecule has 1 aromatic heterocycles. The standard InChI is InChI=1S/C21H17F3N2O2S2/c1-28-16-7-5-15(6-8-16)26-19(27)18-17(9-10-29-18)25-20(26)30-12-13-3-2-4-14(11-13)21(22,23)24/h2-8,11H,9-10,12H2,1H3. The molecule has 0 fully saturated rings. The van der Waals surface area contributed by atoms with Crippen molar-refractivity contribution in [1.82, 2.24) is 9.55 Å². The van der Waals surface area contributed by atoms with Gasteiger partial charge in [0.05, 0.1) is 29.0 Å². The van der Waals surface area contributed by atoms with Crippen LogP contribution in [0.4, 0.5) is 13.2 Å². The first-order valence-corrected chi connectivity index (χ1v) is 11.1. The molecule has 0 spiro atoms. The monoisotopic (exact) mass is 450 g/mol. The van der Waals surface area contributed by atoms with Crippen LogP contribution in [-0.4, -0.2) is 22.4 Å². The molecule has 1 aliphatic heterocycles. The van der Waals surface area contributed by atoms with E-state index in [0.717, 1.165) is 23.6 Å². The number of hydrogen-bond donors (Lipinski definition) is 0. The SMILES string of the molecule is COc1ccc(-n2c(SCc3cccc(C(F)(F)F)c3)nc3c(c2=O)SCC3)cc1. The molecule has 0 atom stereocenters. The summed E-state index contributed by atoms with van der Waals surface area (Å²) >= 11 is 2.73. The summed E-state index contributed by atoms with van der Waals surface area (Å²) in [7, 11) is 1.56. The average Bonchev–Trinajstić information content (AvgIpc) is 3.21. The molecule has 9 heteroatoms. The Bertz CT molecular complexity index is 1130. The molecule has 0 aliphatic carbocycles. The normalized spacial score (nSPS) is 13.3. The molecule has 0 saturated carbocycles. The first-order chi connectivity index (χ1) is 14.4. The summed E-state index contributed by atoms with van der Waals surface area (Å²) in [5, 5.41) is 0.462. The molecule has 0 amide bonds. The van der Waals surface area contributed by atoms with Gasteiger partial charge in [0.15, 0.2) is 5.16 Å². The van der Waals surface area contributed by atoms with Gasteiger partial charge in [-0.3, -0.25) is 9.36 Å². The van der Waals surface area contributed by atoms with E-state index in [1.54, 1.807) is 37.4 Å². The Morgan fingerprint density at radius 3 is 2.67 bits per heavy atom. The van der Waals surface area contributed by atoms with Crippen molar-refractivity contribution < 1.29 is 17.9 Å². The summed E-state index contributed by atoms with van der Waals surface area (Å²) in [6.45, 7) is 0. The minimum Gasteiger partial charge on any atom is -0.497 e. The predicted molar refractivity (Wildman–Crippen MR) is 112 cm³/mol. The molecule has 0 saturated heterocycles. The number of rotatable bonds is 5. The lowest BCUT2D eigenvalue weighted by Crippen LogP contribution is -2.23. The summed E-state index contributed by atoms with van der Waals surface area (Å²) in [6, 6.07) is 12.2. The van der Waals surface area contributed by atoms with Crippen LogP contribution in [0.5, 0.6) is 5.75 Å². The molecule has 30 heavy (non-hydrogen) atoms. The number of aryl methyl sites for hydroxylation is 1. The van der Waals surface area contributed by atoms with Gasteiger partial charge in [0, 0.05) is 17.9 Å². The Labute approximate surface area is 179 Å². The maximum Gasteiger partial charge on any atom is 0.416 e. The Hall–Kier alpha value is -2.39. The summed E-state index contributed by atoms with van der Waals surface area (Å²) in [6.07, 6.45) is -3.69. The molecule has 4 nitrogen and oxygen atoms in total. The fourth-order valence-corrected chi connectivity index (χ4v) is 5.13. The molecular formula is C21H17F3N2O2S2. The molecule has 0 N–H and O–H groups in total. The summed E-state index contributed by atoms with van der Waals surface area (Å²) in [5.41, 5.74) is 1.06. The number of halogens is 3. The van der Waals surface area contributed by atoms with E-state index in [1.807, 2.05) is 0 Å². The van der Waals surface area contributed by atoms with E-state index < -0.39 is 11.7 Å². The number of nitrogens with zero attached hydrogens (tertiary/aromatic N) is 2. The summed E-state index contributed by atoms with van der Waals surface area (Å²) in [4.78, 5) is 18.4. The van der Waals surface area contributed by atoms with Crippen molar-refractivity contribution in [3.05, 3.63) is 75.7 Å². The number of hydrogen-bond acceptors (Lipinski definition) is 5. The Balaban J connectivity index is 1.71. The Kier molecular flexibility index (Phi) is 5.84. The fraction of sp³-hybridized carbons (Fsp3) is 0.238. The van der Waals surface area contributed by atoms with Gasteiger partial charge in [-0.1, -0.05) is 30.0 Å². The third kappa shape index (κ3) is 4.22. The molecule has 1 aliphatic rings. The van der Waals surface area contributed by atoms with Crippen LogP contribution in [0.3, 0.4) is 0 Å². The first kappa shape index (κ1) is 20.9. The first-order valence-electron chi connectivity index (χ1n) is 9.09. The number of methoxy groups -OCH3 is 1. The Morgan fingerprint density at radius 2 is 1.97 bits per heavy atom. The average molecular weight is 451 g/mol. The number of fused-ring (bicyclic) bond motifs is 1. The van der Waals surface area contributed by atoms with Gasteiger partial charge in [-0.2, -0.15) is 13.2 Å². The van der Waals surface area contributed by atoms with Gasteiger partial charge < -0.3 is 4.74 Å². The van der Waals surface area contributed by atoms with E-state index in [-0.39, 0.29) is 11.3 Å². The number of ether oxygens (including phenoxy) is 1. The number of benzene rings is 2. The molecule has 156 valence electrons. The van der Waals surface area contributed by atoms with Gasteiger partial charge in [0.25, 0.3) is 5.56 Å². The smallest absolute Gasteiger partial charge is 0.416 e. The topological polar surface area (TPSA) is 44.1 Å². The van der Waals surface area contributed by atoms with Crippen molar-refractivity contribution in [3.8, 4) is 11.4 Å². The molecule has 2 aromatic carbocycles. The van der Waals surface area contributed by atoms with Crippen LogP contribution in [0.15, 0.2) is 63.4 Å². The van der Waals surface area contributed by atoms with Crippen molar-refractivity contribution in [3.63, 3.8) is 0 Å². The summed E-state index contributed by atoms with van der Waals surface area (Å²) < 4.78 is 45.7. The minimum absolute atomic E-state index is 0.154. The zero-order valence-corrected chi connectivity index (χ0v) is 17.5. The fourth-order valence-electron chi connectivity index (χ4n) is 3.13. The molecule has 3 aromatic rings. The van der Waals surface area contributed by atoms with Crippen LogP contribution in [0.25, 0.3) is 5.69 Å². The maximum atomic E-state index is 13.1. The van der Waals surface area contributed by atoms with E-state index in [2.05, 4.69) is 4.98 Å². The molecular weight excluding hydrogens is 433 g/mol. The van der Waals surface area contributed by atoms with Crippen LogP contribution in [0, 0.1) is 0 Å². The highest BCUT2D eigenvalue weighted by Gasteiger charge is 2.30. The molecule has 2 heterocycles. The molecule has 0 radical (unpaired) electrons. The predicted octanol–water partition coefficient (Wildman–Crippen LogP) is 5.20. The van der Waals surface area contributed by atoms with E-state index in [9.17, 15) is 18.0 Å². The lowest BCUT2D eigenvalue weighted by molar-refractivity contribution is -0.137. The zero-order chi connectivity index (χ0) is 21.3. The number of alkyl halides is 3. The van der Waals surface area contributed by atoms with Gasteiger partial charge in [-0.05, 0) is 35.9 Å². The minimum atomic E-state index is -4.39. The van der Waals surface area contributed by atoms with Crippen LogP contribution < -0.4 is 10.3 Å². The van der Waals surface area contributed by atoms with Gasteiger partial charge in [-0.25, -0.2) is 4.98 Å².